The molecule has 0 aromatic carbocycles. The van der Waals surface area contributed by atoms with Crippen molar-refractivity contribution < 1.29 is 5.11 Å². The van der Waals surface area contributed by atoms with E-state index in [4.69, 9.17) is 5.11 Å². The van der Waals surface area contributed by atoms with Crippen LogP contribution in [0.1, 0.15) is 51.9 Å². The summed E-state index contributed by atoms with van der Waals surface area (Å²) in [5.74, 6) is 5.54. The molecular weight excluding hydrogens is 220 g/mol. The third kappa shape index (κ3) is 12.8. The number of hydrogen-bond acceptors (Lipinski definition) is 1. The highest BCUT2D eigenvalue weighted by Gasteiger charge is 1.86. The van der Waals surface area contributed by atoms with E-state index in [1.807, 2.05) is 12.2 Å². The van der Waals surface area contributed by atoms with Crippen molar-refractivity contribution in [1.29, 1.82) is 0 Å². The van der Waals surface area contributed by atoms with E-state index in [0.717, 1.165) is 6.42 Å². The molecule has 1 atom stereocenters. The molecule has 0 aliphatic carbocycles. The van der Waals surface area contributed by atoms with Gasteiger partial charge in [-0.3, -0.25) is 0 Å². The van der Waals surface area contributed by atoms with E-state index in [9.17, 15) is 0 Å². The molecule has 0 bridgehead atoms. The Kier molecular flexibility index (Phi) is 12.8. The van der Waals surface area contributed by atoms with E-state index >= 15 is 0 Å². The maximum Gasteiger partial charge on any atom is 0.133 e. The minimum atomic E-state index is -0.697. The average Bonchev–Trinajstić information content (AvgIpc) is 2.39. The normalized spacial score (nSPS) is 12.6. The number of allylic oxidation sites excluding steroid dienone is 4. The van der Waals surface area contributed by atoms with Crippen LogP contribution in [-0.2, 0) is 0 Å². The molecule has 0 aromatic rings. The summed E-state index contributed by atoms with van der Waals surface area (Å²) in [5, 5.41) is 9.09. The molecular formula is C17H26O. The lowest BCUT2D eigenvalue weighted by Crippen LogP contribution is -1.94. The molecule has 1 heteroatoms. The highest BCUT2D eigenvalue weighted by atomic mass is 16.3. The number of rotatable bonds is 9. The Bertz CT molecular complexity index is 301. The van der Waals surface area contributed by atoms with Crippen molar-refractivity contribution in [2.45, 2.75) is 58.0 Å². The lowest BCUT2D eigenvalue weighted by Gasteiger charge is -1.95. The Balaban J connectivity index is 3.45. The van der Waals surface area contributed by atoms with E-state index in [2.05, 4.69) is 37.5 Å². The second-order valence-corrected chi connectivity index (χ2v) is 4.26. The van der Waals surface area contributed by atoms with Crippen molar-refractivity contribution in [2.75, 3.05) is 0 Å². The first kappa shape index (κ1) is 16.7. The van der Waals surface area contributed by atoms with Crippen LogP contribution in [0, 0.1) is 11.8 Å². The van der Waals surface area contributed by atoms with Gasteiger partial charge in [-0.1, -0.05) is 81.4 Å². The molecule has 0 aromatic heterocycles. The summed E-state index contributed by atoms with van der Waals surface area (Å²) in [7, 11) is 0. The maximum absolute atomic E-state index is 9.09. The fourth-order valence-electron chi connectivity index (χ4n) is 1.47. The van der Waals surface area contributed by atoms with Crippen LogP contribution in [0.25, 0.3) is 0 Å². The first-order valence-electron chi connectivity index (χ1n) is 6.92. The van der Waals surface area contributed by atoms with Crippen molar-refractivity contribution >= 4 is 0 Å². The van der Waals surface area contributed by atoms with Crippen LogP contribution in [0.5, 0.6) is 0 Å². The second kappa shape index (κ2) is 13.8. The van der Waals surface area contributed by atoms with Gasteiger partial charge >= 0.3 is 0 Å². The highest BCUT2D eigenvalue weighted by Crippen LogP contribution is 2.05. The van der Waals surface area contributed by atoms with Gasteiger partial charge in [0.2, 0.25) is 0 Å². The third-order valence-corrected chi connectivity index (χ3v) is 2.55. The molecule has 0 saturated heterocycles. The number of aliphatic hydroxyl groups is 1. The van der Waals surface area contributed by atoms with Gasteiger partial charge < -0.3 is 5.11 Å². The van der Waals surface area contributed by atoms with Crippen LogP contribution in [0.4, 0.5) is 0 Å². The van der Waals surface area contributed by atoms with Crippen LogP contribution in [0.15, 0.2) is 37.0 Å². The van der Waals surface area contributed by atoms with Gasteiger partial charge in [0.05, 0.1) is 0 Å². The molecule has 0 spiro atoms. The van der Waals surface area contributed by atoms with Gasteiger partial charge in [0.25, 0.3) is 0 Å². The van der Waals surface area contributed by atoms with E-state index in [1.165, 1.54) is 38.2 Å². The standard InChI is InChI=1S/C17H26O/c1-3-5-6-7-8-9-10-11-12-13-14-15-16-17(18)4-2/h4,10-13,17-18H,2-3,5-9,14H2,1H3/b11-10+,13-12+/t17-/m0/s1. The summed E-state index contributed by atoms with van der Waals surface area (Å²) in [5.41, 5.74) is 0. The second-order valence-electron chi connectivity index (χ2n) is 4.26. The topological polar surface area (TPSA) is 20.2 Å². The summed E-state index contributed by atoms with van der Waals surface area (Å²) in [6.45, 7) is 5.69. The lowest BCUT2D eigenvalue weighted by atomic mass is 10.1. The molecule has 0 saturated carbocycles. The third-order valence-electron chi connectivity index (χ3n) is 2.55. The molecule has 0 unspecified atom stereocenters. The van der Waals surface area contributed by atoms with E-state index < -0.39 is 6.10 Å². The largest absolute Gasteiger partial charge is 0.377 e. The minimum absolute atomic E-state index is 0.672. The smallest absolute Gasteiger partial charge is 0.133 e. The molecule has 0 rings (SSSR count). The van der Waals surface area contributed by atoms with Crippen LogP contribution in [0.2, 0.25) is 0 Å². The zero-order chi connectivity index (χ0) is 13.5. The van der Waals surface area contributed by atoms with Crippen molar-refractivity contribution in [3.05, 3.63) is 37.0 Å². The Morgan fingerprint density at radius 2 is 1.83 bits per heavy atom. The molecule has 100 valence electrons. The first-order valence-corrected chi connectivity index (χ1v) is 6.92. The lowest BCUT2D eigenvalue weighted by molar-refractivity contribution is 0.281. The molecule has 0 radical (unpaired) electrons. The quantitative estimate of drug-likeness (QED) is 0.277. The van der Waals surface area contributed by atoms with Gasteiger partial charge in [-0.15, -0.1) is 0 Å². The van der Waals surface area contributed by atoms with Crippen molar-refractivity contribution in [1.82, 2.24) is 0 Å². The molecule has 1 nitrogen and oxygen atoms in total. The summed E-state index contributed by atoms with van der Waals surface area (Å²) in [4.78, 5) is 0. The monoisotopic (exact) mass is 246 g/mol. The molecule has 0 fully saturated rings. The van der Waals surface area contributed by atoms with E-state index in [0.29, 0.717) is 6.42 Å². The van der Waals surface area contributed by atoms with Gasteiger partial charge in [0, 0.05) is 6.42 Å². The predicted octanol–water partition coefficient (Wildman–Crippen LogP) is 4.40. The van der Waals surface area contributed by atoms with Crippen LogP contribution in [-0.4, -0.2) is 11.2 Å². The van der Waals surface area contributed by atoms with Gasteiger partial charge in [-0.25, -0.2) is 0 Å². The molecule has 0 heterocycles. The SMILES string of the molecule is C=C[C@H](O)C#CC/C=C/C=C/CCCCCCC. The Morgan fingerprint density at radius 1 is 1.11 bits per heavy atom. The van der Waals surface area contributed by atoms with Crippen molar-refractivity contribution in [3.8, 4) is 11.8 Å². The summed E-state index contributed by atoms with van der Waals surface area (Å²) >= 11 is 0. The number of unbranched alkanes of at least 4 members (excludes halogenated alkanes) is 5. The van der Waals surface area contributed by atoms with Crippen molar-refractivity contribution in [2.24, 2.45) is 0 Å². The van der Waals surface area contributed by atoms with Gasteiger partial charge in [-0.05, 0) is 12.8 Å². The first-order chi connectivity index (χ1) is 8.81. The zero-order valence-electron chi connectivity index (χ0n) is 11.6. The van der Waals surface area contributed by atoms with Gasteiger partial charge in [0.1, 0.15) is 6.10 Å². The van der Waals surface area contributed by atoms with Crippen LogP contribution >= 0.6 is 0 Å². The molecule has 18 heavy (non-hydrogen) atoms. The Morgan fingerprint density at radius 3 is 2.56 bits per heavy atom. The number of aliphatic hydroxyl groups excluding tert-OH is 1. The summed E-state index contributed by atoms with van der Waals surface area (Å²) < 4.78 is 0. The summed E-state index contributed by atoms with van der Waals surface area (Å²) in [6, 6.07) is 0. The molecule has 0 aliphatic rings. The Hall–Kier alpha value is -1.26. The molecule has 1 N–H and O–H groups in total. The minimum Gasteiger partial charge on any atom is -0.377 e. The van der Waals surface area contributed by atoms with Crippen LogP contribution in [0.3, 0.4) is 0 Å². The van der Waals surface area contributed by atoms with Gasteiger partial charge in [0.15, 0.2) is 0 Å². The average molecular weight is 246 g/mol. The van der Waals surface area contributed by atoms with E-state index in [-0.39, 0.29) is 0 Å². The predicted molar refractivity (Wildman–Crippen MR) is 80.3 cm³/mol. The maximum atomic E-state index is 9.09. The fourth-order valence-corrected chi connectivity index (χ4v) is 1.47. The number of hydrogen-bond donors (Lipinski definition) is 1. The molecule has 0 aliphatic heterocycles. The van der Waals surface area contributed by atoms with Crippen LogP contribution < -0.4 is 0 Å². The van der Waals surface area contributed by atoms with E-state index in [1.54, 1.807) is 0 Å². The van der Waals surface area contributed by atoms with Crippen molar-refractivity contribution in [3.63, 3.8) is 0 Å². The summed E-state index contributed by atoms with van der Waals surface area (Å²) in [6.07, 6.45) is 17.5. The fraction of sp³-hybridized carbons (Fsp3) is 0.529. The molecule has 0 amide bonds. The zero-order valence-corrected chi connectivity index (χ0v) is 11.6. The highest BCUT2D eigenvalue weighted by molar-refractivity contribution is 5.14. The van der Waals surface area contributed by atoms with Gasteiger partial charge in [-0.2, -0.15) is 0 Å². The Labute approximate surface area is 112 Å².